The average molecular weight is 393 g/mol. The molecule has 6 heteroatoms. The Morgan fingerprint density at radius 1 is 1.39 bits per heavy atom. The zero-order valence-corrected chi connectivity index (χ0v) is 13.6. The summed E-state index contributed by atoms with van der Waals surface area (Å²) in [6, 6.07) is 6.98. The lowest BCUT2D eigenvalue weighted by molar-refractivity contribution is 0.287. The maximum absolute atomic E-state index is 12.6. The Kier molecular flexibility index (Phi) is 3.60. The Balaban J connectivity index is 2.56. The largest absolute Gasteiger partial charge is 0.222 e. The summed E-state index contributed by atoms with van der Waals surface area (Å²) in [4.78, 5) is 0.185. The van der Waals surface area contributed by atoms with Gasteiger partial charge in [0.25, 0.3) is 0 Å². The molecule has 0 aromatic heterocycles. The van der Waals surface area contributed by atoms with E-state index >= 15 is 0 Å². The fourth-order valence-electron chi connectivity index (χ4n) is 2.33. The van der Waals surface area contributed by atoms with Crippen LogP contribution in [0, 0.1) is 17.2 Å². The first-order valence-corrected chi connectivity index (χ1v) is 8.50. The van der Waals surface area contributed by atoms with E-state index in [-0.39, 0.29) is 10.8 Å². The fourth-order valence-corrected chi connectivity index (χ4v) is 5.88. The fraction of sp³-hybridized carbons (Fsp3) is 0.417. The molecule has 2 rings (SSSR count). The van der Waals surface area contributed by atoms with Gasteiger partial charge in [-0.1, -0.05) is 22.9 Å². The Labute approximate surface area is 123 Å². The van der Waals surface area contributed by atoms with Gasteiger partial charge in [0.05, 0.1) is 11.0 Å². The van der Waals surface area contributed by atoms with Crippen LogP contribution in [0.3, 0.4) is 0 Å². The van der Waals surface area contributed by atoms with Crippen LogP contribution < -0.4 is 0 Å². The molecule has 1 aliphatic carbocycles. The molecule has 1 aromatic rings. The van der Waals surface area contributed by atoms with Crippen LogP contribution in [-0.2, 0) is 9.84 Å². The molecule has 1 fully saturated rings. The van der Waals surface area contributed by atoms with E-state index in [1.165, 1.54) is 0 Å². The van der Waals surface area contributed by atoms with Crippen molar-refractivity contribution in [3.8, 4) is 6.07 Å². The second-order valence-electron chi connectivity index (χ2n) is 4.70. The van der Waals surface area contributed by atoms with Gasteiger partial charge >= 0.3 is 0 Å². The summed E-state index contributed by atoms with van der Waals surface area (Å²) in [5.41, 5.74) is 0. The van der Waals surface area contributed by atoms with Crippen molar-refractivity contribution in [2.75, 3.05) is 0 Å². The van der Waals surface area contributed by atoms with Crippen molar-refractivity contribution in [1.29, 1.82) is 5.26 Å². The van der Waals surface area contributed by atoms with E-state index in [4.69, 9.17) is 0 Å². The Morgan fingerprint density at radius 2 is 2.00 bits per heavy atom. The highest BCUT2D eigenvalue weighted by Crippen LogP contribution is 2.47. The van der Waals surface area contributed by atoms with Crippen molar-refractivity contribution in [3.05, 3.63) is 27.1 Å². The van der Waals surface area contributed by atoms with E-state index < -0.39 is 14.6 Å². The summed E-state index contributed by atoms with van der Waals surface area (Å²) in [7, 11) is -3.64. The van der Waals surface area contributed by atoms with Crippen LogP contribution in [0.25, 0.3) is 0 Å². The lowest BCUT2D eigenvalue weighted by Crippen LogP contribution is -2.48. The Hall–Kier alpha value is -0.380. The first kappa shape index (κ1) is 14.0. The number of hydrogen-bond acceptors (Lipinski definition) is 3. The van der Waals surface area contributed by atoms with E-state index in [9.17, 15) is 13.7 Å². The van der Waals surface area contributed by atoms with Gasteiger partial charge in [0.15, 0.2) is 14.6 Å². The van der Waals surface area contributed by atoms with Crippen molar-refractivity contribution >= 4 is 41.7 Å². The molecule has 0 N–H and O–H groups in total. The molecular formula is C12H11Br2NO2S. The third-order valence-electron chi connectivity index (χ3n) is 3.26. The average Bonchev–Trinajstić information content (AvgIpc) is 2.27. The first-order chi connectivity index (χ1) is 8.32. The van der Waals surface area contributed by atoms with Crippen LogP contribution in [0.5, 0.6) is 0 Å². The van der Waals surface area contributed by atoms with Gasteiger partial charge in [0.1, 0.15) is 0 Å². The summed E-state index contributed by atoms with van der Waals surface area (Å²) in [6.45, 7) is 1.96. The summed E-state index contributed by atoms with van der Waals surface area (Å²) >= 11 is 6.51. The molecule has 0 saturated heterocycles. The van der Waals surface area contributed by atoms with Crippen LogP contribution in [0.2, 0.25) is 0 Å². The highest BCUT2D eigenvalue weighted by molar-refractivity contribution is 9.11. The van der Waals surface area contributed by atoms with Crippen molar-refractivity contribution in [2.45, 2.75) is 29.4 Å². The van der Waals surface area contributed by atoms with Gasteiger partial charge in [-0.3, -0.25) is 0 Å². The molecule has 1 saturated carbocycles. The van der Waals surface area contributed by atoms with Crippen molar-refractivity contribution in [3.63, 3.8) is 0 Å². The summed E-state index contributed by atoms with van der Waals surface area (Å²) < 4.78 is 25.2. The number of nitriles is 1. The molecule has 0 bridgehead atoms. The zero-order chi connectivity index (χ0) is 13.6. The molecule has 0 spiro atoms. The minimum absolute atomic E-state index is 0.185. The Morgan fingerprint density at radius 3 is 2.50 bits per heavy atom. The lowest BCUT2D eigenvalue weighted by Gasteiger charge is -2.40. The number of hydrogen-bond donors (Lipinski definition) is 0. The maximum Gasteiger partial charge on any atom is 0.198 e. The smallest absolute Gasteiger partial charge is 0.198 e. The topological polar surface area (TPSA) is 57.9 Å². The SMILES string of the molecule is CC1CC(C#N)(S(=O)(=O)c2cc(Br)ccc2Br)C1. The van der Waals surface area contributed by atoms with Gasteiger partial charge in [-0.2, -0.15) is 5.26 Å². The van der Waals surface area contributed by atoms with Gasteiger partial charge < -0.3 is 0 Å². The summed E-state index contributed by atoms with van der Waals surface area (Å²) in [6.07, 6.45) is 0.815. The number of rotatable bonds is 2. The highest BCUT2D eigenvalue weighted by atomic mass is 79.9. The van der Waals surface area contributed by atoms with E-state index in [0.717, 1.165) is 0 Å². The van der Waals surface area contributed by atoms with Gasteiger partial charge in [-0.25, -0.2) is 8.42 Å². The number of benzene rings is 1. The second kappa shape index (κ2) is 4.62. The van der Waals surface area contributed by atoms with Crippen LogP contribution in [-0.4, -0.2) is 13.2 Å². The molecule has 0 amide bonds. The molecule has 0 aliphatic heterocycles. The van der Waals surface area contributed by atoms with Gasteiger partial charge in [-0.15, -0.1) is 0 Å². The van der Waals surface area contributed by atoms with E-state index in [1.54, 1.807) is 18.2 Å². The minimum Gasteiger partial charge on any atom is -0.222 e. The predicted molar refractivity (Wildman–Crippen MR) is 75.8 cm³/mol. The number of sulfone groups is 1. The molecule has 0 radical (unpaired) electrons. The van der Waals surface area contributed by atoms with Gasteiger partial charge in [-0.05, 0) is 52.9 Å². The van der Waals surface area contributed by atoms with Gasteiger partial charge in [0.2, 0.25) is 0 Å². The molecule has 18 heavy (non-hydrogen) atoms. The predicted octanol–water partition coefficient (Wildman–Crippen LogP) is 3.68. The standard InChI is InChI=1S/C12H11Br2NO2S/c1-8-5-12(6-8,7-15)18(16,17)11-4-9(13)2-3-10(11)14/h2-4,8H,5-6H2,1H3. The Bertz CT molecular complexity index is 628. The number of halogens is 2. The molecule has 0 heterocycles. The molecular weight excluding hydrogens is 382 g/mol. The normalized spacial score (nSPS) is 27.3. The quantitative estimate of drug-likeness (QED) is 0.771. The monoisotopic (exact) mass is 391 g/mol. The zero-order valence-electron chi connectivity index (χ0n) is 9.65. The summed E-state index contributed by atoms with van der Waals surface area (Å²) in [5.74, 6) is 0.283. The minimum atomic E-state index is -3.64. The van der Waals surface area contributed by atoms with Gasteiger partial charge in [0, 0.05) is 8.95 Å². The molecule has 3 nitrogen and oxygen atoms in total. The third-order valence-corrected chi connectivity index (χ3v) is 7.07. The van der Waals surface area contributed by atoms with E-state index in [2.05, 4.69) is 31.9 Å². The van der Waals surface area contributed by atoms with E-state index in [1.807, 2.05) is 13.0 Å². The van der Waals surface area contributed by atoms with Crippen LogP contribution in [0.1, 0.15) is 19.8 Å². The second-order valence-corrected chi connectivity index (χ2v) is 8.70. The molecule has 96 valence electrons. The van der Waals surface area contributed by atoms with Crippen molar-refractivity contribution < 1.29 is 8.42 Å². The highest BCUT2D eigenvalue weighted by Gasteiger charge is 2.54. The van der Waals surface area contributed by atoms with Crippen LogP contribution in [0.4, 0.5) is 0 Å². The molecule has 0 unspecified atom stereocenters. The number of nitrogens with zero attached hydrogens (tertiary/aromatic N) is 1. The molecule has 0 atom stereocenters. The van der Waals surface area contributed by atoms with E-state index in [0.29, 0.717) is 21.8 Å². The molecule has 1 aliphatic rings. The third kappa shape index (κ3) is 2.02. The molecule has 1 aromatic carbocycles. The van der Waals surface area contributed by atoms with Crippen LogP contribution >= 0.6 is 31.9 Å². The maximum atomic E-state index is 12.6. The summed E-state index contributed by atoms with van der Waals surface area (Å²) in [5, 5.41) is 9.26. The van der Waals surface area contributed by atoms with Crippen molar-refractivity contribution in [2.24, 2.45) is 5.92 Å². The first-order valence-electron chi connectivity index (χ1n) is 5.43. The lowest BCUT2D eigenvalue weighted by atomic mass is 9.76. The van der Waals surface area contributed by atoms with Crippen molar-refractivity contribution in [1.82, 2.24) is 0 Å². The van der Waals surface area contributed by atoms with Crippen LogP contribution in [0.15, 0.2) is 32.0 Å².